The second-order valence-electron chi connectivity index (χ2n) is 5.19. The van der Waals surface area contributed by atoms with Gasteiger partial charge in [0.05, 0.1) is 0 Å². The van der Waals surface area contributed by atoms with Crippen LogP contribution in [-0.2, 0) is 4.79 Å². The maximum absolute atomic E-state index is 12.0. The molecule has 0 spiro atoms. The number of hydrogen-bond donors (Lipinski definition) is 3. The molecule has 0 atom stereocenters. The number of unbranched alkanes of at least 4 members (excludes halogenated alkanes) is 4. The first-order valence-corrected chi connectivity index (χ1v) is 7.47. The van der Waals surface area contributed by atoms with Crippen LogP contribution < -0.4 is 5.32 Å². The van der Waals surface area contributed by atoms with Crippen molar-refractivity contribution < 1.29 is 14.7 Å². The number of nitrogens with one attached hydrogen (secondary N) is 2. The highest BCUT2D eigenvalue weighted by Gasteiger charge is 2.07. The van der Waals surface area contributed by atoms with Crippen LogP contribution in [0.1, 0.15) is 48.9 Å². The first kappa shape index (κ1) is 15.9. The lowest BCUT2D eigenvalue weighted by atomic mass is 10.1. The van der Waals surface area contributed by atoms with E-state index in [1.807, 2.05) is 0 Å². The van der Waals surface area contributed by atoms with E-state index in [1.54, 1.807) is 18.2 Å². The summed E-state index contributed by atoms with van der Waals surface area (Å²) >= 11 is 0. The number of fused-ring (bicyclic) bond motifs is 1. The van der Waals surface area contributed by atoms with Crippen LogP contribution in [0, 0.1) is 0 Å². The molecule has 0 bridgehead atoms. The van der Waals surface area contributed by atoms with Crippen LogP contribution >= 0.6 is 0 Å². The lowest BCUT2D eigenvalue weighted by Gasteiger charge is -2.05. The second kappa shape index (κ2) is 8.11. The van der Waals surface area contributed by atoms with Gasteiger partial charge < -0.3 is 10.4 Å². The molecule has 3 N–H and O–H groups in total. The van der Waals surface area contributed by atoms with Crippen molar-refractivity contribution in [3.63, 3.8) is 0 Å². The summed E-state index contributed by atoms with van der Waals surface area (Å²) in [5, 5.41) is 21.8. The average molecular weight is 304 g/mol. The van der Waals surface area contributed by atoms with E-state index in [4.69, 9.17) is 5.11 Å². The molecule has 7 nitrogen and oxygen atoms in total. The third-order valence-electron chi connectivity index (χ3n) is 3.43. The Morgan fingerprint density at radius 1 is 1.05 bits per heavy atom. The Labute approximate surface area is 128 Å². The van der Waals surface area contributed by atoms with Crippen LogP contribution in [0.5, 0.6) is 0 Å². The fourth-order valence-electron chi connectivity index (χ4n) is 2.22. The summed E-state index contributed by atoms with van der Waals surface area (Å²) in [6.45, 7) is 0.620. The molecule has 1 heterocycles. The molecule has 1 aromatic carbocycles. The molecule has 0 unspecified atom stereocenters. The van der Waals surface area contributed by atoms with Crippen LogP contribution in [0.15, 0.2) is 18.2 Å². The molecule has 0 saturated carbocycles. The topological polar surface area (TPSA) is 108 Å². The van der Waals surface area contributed by atoms with Crippen molar-refractivity contribution in [1.29, 1.82) is 0 Å². The van der Waals surface area contributed by atoms with E-state index < -0.39 is 5.97 Å². The lowest BCUT2D eigenvalue weighted by molar-refractivity contribution is -0.137. The fourth-order valence-corrected chi connectivity index (χ4v) is 2.22. The van der Waals surface area contributed by atoms with Crippen molar-refractivity contribution in [3.05, 3.63) is 23.8 Å². The number of carboxylic acid groups (broad SMARTS) is 1. The zero-order valence-corrected chi connectivity index (χ0v) is 12.3. The van der Waals surface area contributed by atoms with Crippen LogP contribution in [0.4, 0.5) is 0 Å². The monoisotopic (exact) mass is 304 g/mol. The zero-order valence-electron chi connectivity index (χ0n) is 12.3. The summed E-state index contributed by atoms with van der Waals surface area (Å²) in [6.07, 6.45) is 4.75. The summed E-state index contributed by atoms with van der Waals surface area (Å²) < 4.78 is 0. The number of amides is 1. The lowest BCUT2D eigenvalue weighted by Crippen LogP contribution is -2.24. The van der Waals surface area contributed by atoms with E-state index in [1.165, 1.54) is 0 Å². The van der Waals surface area contributed by atoms with E-state index in [0.29, 0.717) is 17.6 Å². The largest absolute Gasteiger partial charge is 0.481 e. The molecule has 1 aromatic heterocycles. The molecule has 118 valence electrons. The van der Waals surface area contributed by atoms with Gasteiger partial charge >= 0.3 is 5.97 Å². The number of hydrogen-bond acceptors (Lipinski definition) is 4. The Morgan fingerprint density at radius 2 is 1.77 bits per heavy atom. The number of benzene rings is 1. The second-order valence-corrected chi connectivity index (χ2v) is 5.19. The summed E-state index contributed by atoms with van der Waals surface area (Å²) in [5.74, 6) is -0.855. The van der Waals surface area contributed by atoms with Gasteiger partial charge in [-0.25, -0.2) is 0 Å². The van der Waals surface area contributed by atoms with E-state index in [0.717, 1.165) is 37.6 Å². The van der Waals surface area contributed by atoms with Gasteiger partial charge in [-0.3, -0.25) is 9.59 Å². The van der Waals surface area contributed by atoms with Gasteiger partial charge in [0.2, 0.25) is 0 Å². The van der Waals surface area contributed by atoms with Crippen molar-refractivity contribution in [3.8, 4) is 0 Å². The molecule has 0 aliphatic carbocycles. The van der Waals surface area contributed by atoms with Gasteiger partial charge in [-0.15, -0.1) is 0 Å². The van der Waals surface area contributed by atoms with E-state index in [9.17, 15) is 9.59 Å². The van der Waals surface area contributed by atoms with Crippen LogP contribution in [-0.4, -0.2) is 38.9 Å². The SMILES string of the molecule is O=C(O)CCCCCCCNC(=O)c1ccc2n[nH]nc2c1. The van der Waals surface area contributed by atoms with Gasteiger partial charge in [0.15, 0.2) is 0 Å². The third-order valence-corrected chi connectivity index (χ3v) is 3.43. The molecule has 0 radical (unpaired) electrons. The van der Waals surface area contributed by atoms with Gasteiger partial charge in [-0.2, -0.15) is 15.4 Å². The van der Waals surface area contributed by atoms with Crippen molar-refractivity contribution in [2.24, 2.45) is 0 Å². The fraction of sp³-hybridized carbons (Fsp3) is 0.467. The molecule has 0 aliphatic heterocycles. The molecule has 0 fully saturated rings. The molecule has 2 aromatic rings. The van der Waals surface area contributed by atoms with E-state index >= 15 is 0 Å². The molecule has 7 heteroatoms. The number of aromatic amines is 1. The van der Waals surface area contributed by atoms with Crippen molar-refractivity contribution >= 4 is 22.9 Å². The minimum Gasteiger partial charge on any atom is -0.481 e. The summed E-state index contributed by atoms with van der Waals surface area (Å²) in [5.41, 5.74) is 1.98. The third kappa shape index (κ3) is 4.83. The summed E-state index contributed by atoms with van der Waals surface area (Å²) in [4.78, 5) is 22.3. The maximum Gasteiger partial charge on any atom is 0.303 e. The number of nitrogens with zero attached hydrogens (tertiary/aromatic N) is 2. The Morgan fingerprint density at radius 3 is 2.59 bits per heavy atom. The van der Waals surface area contributed by atoms with Gasteiger partial charge in [0, 0.05) is 18.5 Å². The van der Waals surface area contributed by atoms with Gasteiger partial charge in [0.1, 0.15) is 11.0 Å². The Kier molecular flexibility index (Phi) is 5.88. The van der Waals surface area contributed by atoms with Crippen LogP contribution in [0.2, 0.25) is 0 Å². The standard InChI is InChI=1S/C15H20N4O3/c20-14(21)6-4-2-1-3-5-9-16-15(22)11-7-8-12-13(10-11)18-19-17-12/h7-8,10H,1-6,9H2,(H,16,22)(H,20,21)(H,17,18,19). The minimum atomic E-state index is -0.739. The molecular formula is C15H20N4O3. The number of aliphatic carboxylic acids is 1. The van der Waals surface area contributed by atoms with Crippen molar-refractivity contribution in [2.45, 2.75) is 38.5 Å². The van der Waals surface area contributed by atoms with Gasteiger partial charge in [-0.05, 0) is 31.0 Å². The number of rotatable bonds is 9. The van der Waals surface area contributed by atoms with E-state index in [2.05, 4.69) is 20.7 Å². The highest BCUT2D eigenvalue weighted by Crippen LogP contribution is 2.10. The molecule has 0 aliphatic rings. The Hall–Kier alpha value is -2.44. The first-order chi connectivity index (χ1) is 10.7. The number of carbonyl (C=O) groups excluding carboxylic acids is 1. The number of H-pyrrole nitrogens is 1. The Balaban J connectivity index is 1.62. The highest BCUT2D eigenvalue weighted by atomic mass is 16.4. The quantitative estimate of drug-likeness (QED) is 0.615. The highest BCUT2D eigenvalue weighted by molar-refractivity contribution is 5.97. The smallest absolute Gasteiger partial charge is 0.303 e. The first-order valence-electron chi connectivity index (χ1n) is 7.47. The number of carboxylic acids is 1. The molecule has 1 amide bonds. The predicted octanol–water partition coefficient (Wildman–Crippen LogP) is 2.11. The average Bonchev–Trinajstić information content (AvgIpc) is 2.96. The maximum atomic E-state index is 12.0. The zero-order chi connectivity index (χ0) is 15.8. The molecular weight excluding hydrogens is 284 g/mol. The number of aromatic nitrogens is 3. The molecule has 2 rings (SSSR count). The Bertz CT molecular complexity index is 639. The molecule has 0 saturated heterocycles. The summed E-state index contributed by atoms with van der Waals surface area (Å²) in [6, 6.07) is 5.20. The van der Waals surface area contributed by atoms with Crippen molar-refractivity contribution in [1.82, 2.24) is 20.7 Å². The van der Waals surface area contributed by atoms with Crippen LogP contribution in [0.3, 0.4) is 0 Å². The van der Waals surface area contributed by atoms with Crippen LogP contribution in [0.25, 0.3) is 11.0 Å². The molecule has 22 heavy (non-hydrogen) atoms. The van der Waals surface area contributed by atoms with E-state index in [-0.39, 0.29) is 12.3 Å². The van der Waals surface area contributed by atoms with Crippen molar-refractivity contribution in [2.75, 3.05) is 6.54 Å². The summed E-state index contributed by atoms with van der Waals surface area (Å²) in [7, 11) is 0. The van der Waals surface area contributed by atoms with Gasteiger partial charge in [-0.1, -0.05) is 19.3 Å². The minimum absolute atomic E-state index is 0.115. The normalized spacial score (nSPS) is 10.7. The predicted molar refractivity (Wildman–Crippen MR) is 81.6 cm³/mol. The number of carbonyl (C=O) groups is 2. The van der Waals surface area contributed by atoms with Gasteiger partial charge in [0.25, 0.3) is 5.91 Å².